The van der Waals surface area contributed by atoms with Gasteiger partial charge in [-0.2, -0.15) is 0 Å². The summed E-state index contributed by atoms with van der Waals surface area (Å²) in [6, 6.07) is 8.04. The summed E-state index contributed by atoms with van der Waals surface area (Å²) in [6.07, 6.45) is 2.22. The molecule has 0 saturated carbocycles. The molecule has 0 aromatic heterocycles. The Morgan fingerprint density at radius 3 is 2.77 bits per heavy atom. The van der Waals surface area contributed by atoms with Crippen molar-refractivity contribution in [2.24, 2.45) is 0 Å². The van der Waals surface area contributed by atoms with Gasteiger partial charge in [-0.3, -0.25) is 9.59 Å². The van der Waals surface area contributed by atoms with Gasteiger partial charge in [0.15, 0.2) is 0 Å². The largest absolute Gasteiger partial charge is 0.353 e. The molecule has 1 unspecified atom stereocenters. The van der Waals surface area contributed by atoms with E-state index in [9.17, 15) is 9.59 Å². The summed E-state index contributed by atoms with van der Waals surface area (Å²) >= 11 is 0. The third kappa shape index (κ3) is 4.71. The van der Waals surface area contributed by atoms with Crippen LogP contribution in [0.25, 0.3) is 0 Å². The predicted molar refractivity (Wildman–Crippen MR) is 90.5 cm³/mol. The molecule has 22 heavy (non-hydrogen) atoms. The quantitative estimate of drug-likeness (QED) is 0.862. The molecule has 2 amide bonds. The summed E-state index contributed by atoms with van der Waals surface area (Å²) in [5.74, 6) is -0.0982. The fraction of sp³-hybridized carbons (Fsp3) is 0.500. The van der Waals surface area contributed by atoms with E-state index in [-0.39, 0.29) is 36.8 Å². The highest BCUT2D eigenvalue weighted by atomic mass is 35.5. The van der Waals surface area contributed by atoms with Crippen molar-refractivity contribution in [1.82, 2.24) is 10.6 Å². The standard InChI is InChI=1S/C16H23N3O2.ClH/c1-12(17-2)10-18-15(20)11-19-14-8-4-3-6-13(14)7-5-9-16(19)21;/h3-4,6,8,12,17H,5,7,9-11H2,1-2H3,(H,18,20);1H. The van der Waals surface area contributed by atoms with Crippen LogP contribution in [0, 0.1) is 0 Å². The molecule has 6 heteroatoms. The van der Waals surface area contributed by atoms with Crippen molar-refractivity contribution in [2.45, 2.75) is 32.2 Å². The minimum Gasteiger partial charge on any atom is -0.353 e. The van der Waals surface area contributed by atoms with Crippen molar-refractivity contribution in [3.05, 3.63) is 29.8 Å². The minimum absolute atomic E-state index is 0. The first-order chi connectivity index (χ1) is 10.1. The van der Waals surface area contributed by atoms with E-state index < -0.39 is 0 Å². The van der Waals surface area contributed by atoms with Crippen molar-refractivity contribution in [3.63, 3.8) is 0 Å². The Labute approximate surface area is 137 Å². The summed E-state index contributed by atoms with van der Waals surface area (Å²) < 4.78 is 0. The summed E-state index contributed by atoms with van der Waals surface area (Å²) in [5, 5.41) is 5.92. The highest BCUT2D eigenvalue weighted by molar-refractivity contribution is 5.99. The maximum Gasteiger partial charge on any atom is 0.240 e. The van der Waals surface area contributed by atoms with Gasteiger partial charge in [0.25, 0.3) is 0 Å². The summed E-state index contributed by atoms with van der Waals surface area (Å²) in [6.45, 7) is 2.64. The van der Waals surface area contributed by atoms with E-state index in [1.54, 1.807) is 4.90 Å². The van der Waals surface area contributed by atoms with Gasteiger partial charge in [-0.15, -0.1) is 12.4 Å². The van der Waals surface area contributed by atoms with Crippen LogP contribution in [0.2, 0.25) is 0 Å². The number of para-hydroxylation sites is 1. The first-order valence-corrected chi connectivity index (χ1v) is 7.44. The van der Waals surface area contributed by atoms with Crippen molar-refractivity contribution in [1.29, 1.82) is 0 Å². The second-order valence-corrected chi connectivity index (χ2v) is 5.46. The van der Waals surface area contributed by atoms with Crippen LogP contribution in [0.5, 0.6) is 0 Å². The molecule has 1 heterocycles. The van der Waals surface area contributed by atoms with E-state index in [1.807, 2.05) is 38.2 Å². The van der Waals surface area contributed by atoms with E-state index in [0.29, 0.717) is 13.0 Å². The summed E-state index contributed by atoms with van der Waals surface area (Å²) in [7, 11) is 1.85. The van der Waals surface area contributed by atoms with Crippen molar-refractivity contribution < 1.29 is 9.59 Å². The fourth-order valence-corrected chi connectivity index (χ4v) is 2.43. The highest BCUT2D eigenvalue weighted by Crippen LogP contribution is 2.26. The number of hydrogen-bond donors (Lipinski definition) is 2. The lowest BCUT2D eigenvalue weighted by atomic mass is 10.1. The zero-order chi connectivity index (χ0) is 15.2. The molecule has 1 aliphatic rings. The van der Waals surface area contributed by atoms with E-state index >= 15 is 0 Å². The maximum absolute atomic E-state index is 12.2. The van der Waals surface area contributed by atoms with Gasteiger partial charge < -0.3 is 15.5 Å². The molecule has 0 radical (unpaired) electrons. The van der Waals surface area contributed by atoms with Crippen molar-refractivity contribution in [2.75, 3.05) is 25.0 Å². The SMILES string of the molecule is CNC(C)CNC(=O)CN1C(=O)CCCc2ccccc21.Cl. The smallest absolute Gasteiger partial charge is 0.240 e. The van der Waals surface area contributed by atoms with Gasteiger partial charge >= 0.3 is 0 Å². The molecule has 2 rings (SSSR count). The first kappa shape index (κ1) is 18.5. The Morgan fingerprint density at radius 2 is 2.05 bits per heavy atom. The molecule has 122 valence electrons. The topological polar surface area (TPSA) is 61.4 Å². The van der Waals surface area contributed by atoms with Gasteiger partial charge in [-0.1, -0.05) is 18.2 Å². The number of carbonyl (C=O) groups excluding carboxylic acids is 2. The monoisotopic (exact) mass is 325 g/mol. The first-order valence-electron chi connectivity index (χ1n) is 7.44. The predicted octanol–water partition coefficient (Wildman–Crippen LogP) is 1.50. The lowest BCUT2D eigenvalue weighted by Crippen LogP contribution is -2.44. The van der Waals surface area contributed by atoms with Gasteiger partial charge in [0.1, 0.15) is 6.54 Å². The van der Waals surface area contributed by atoms with Crippen LogP contribution < -0.4 is 15.5 Å². The number of rotatable bonds is 5. The number of benzene rings is 1. The maximum atomic E-state index is 12.2. The van der Waals surface area contributed by atoms with Crippen LogP contribution in [0.4, 0.5) is 5.69 Å². The van der Waals surface area contributed by atoms with Crippen LogP contribution in [0.1, 0.15) is 25.3 Å². The van der Waals surface area contributed by atoms with Crippen LogP contribution in [0.15, 0.2) is 24.3 Å². The van der Waals surface area contributed by atoms with Crippen molar-refractivity contribution in [3.8, 4) is 0 Å². The zero-order valence-electron chi connectivity index (χ0n) is 13.1. The van der Waals surface area contributed by atoms with E-state index in [0.717, 1.165) is 24.1 Å². The fourth-order valence-electron chi connectivity index (χ4n) is 2.43. The number of aryl methyl sites for hydroxylation is 1. The molecule has 0 aliphatic carbocycles. The number of nitrogens with one attached hydrogen (secondary N) is 2. The Morgan fingerprint density at radius 1 is 1.32 bits per heavy atom. The molecular weight excluding hydrogens is 302 g/mol. The van der Waals surface area contributed by atoms with Gasteiger partial charge in [-0.25, -0.2) is 0 Å². The molecule has 1 aromatic rings. The van der Waals surface area contributed by atoms with Crippen LogP contribution in [0.3, 0.4) is 0 Å². The number of anilines is 1. The molecule has 0 fully saturated rings. The van der Waals surface area contributed by atoms with Gasteiger partial charge in [0.2, 0.25) is 11.8 Å². The number of halogens is 1. The normalized spacial score (nSPS) is 15.4. The van der Waals surface area contributed by atoms with E-state index in [2.05, 4.69) is 10.6 Å². The molecule has 1 aromatic carbocycles. The van der Waals surface area contributed by atoms with E-state index in [4.69, 9.17) is 0 Å². The number of amides is 2. The molecule has 1 aliphatic heterocycles. The Kier molecular flexibility index (Phi) is 7.35. The van der Waals surface area contributed by atoms with Gasteiger partial charge in [-0.05, 0) is 38.4 Å². The zero-order valence-corrected chi connectivity index (χ0v) is 13.9. The molecule has 5 nitrogen and oxygen atoms in total. The summed E-state index contributed by atoms with van der Waals surface area (Å²) in [5.41, 5.74) is 2.01. The highest BCUT2D eigenvalue weighted by Gasteiger charge is 2.23. The van der Waals surface area contributed by atoms with Crippen LogP contribution in [-0.2, 0) is 16.0 Å². The Bertz CT molecular complexity index is 522. The molecule has 0 saturated heterocycles. The Balaban J connectivity index is 0.00000242. The number of likely N-dealkylation sites (N-methyl/N-ethyl adjacent to an activating group) is 1. The van der Waals surface area contributed by atoms with Crippen molar-refractivity contribution >= 4 is 29.9 Å². The molecule has 2 N–H and O–H groups in total. The van der Waals surface area contributed by atoms with Crippen LogP contribution in [-0.4, -0.2) is 38.0 Å². The van der Waals surface area contributed by atoms with Gasteiger partial charge in [0, 0.05) is 24.7 Å². The third-order valence-electron chi connectivity index (χ3n) is 3.82. The molecule has 0 spiro atoms. The second kappa shape index (κ2) is 8.76. The Hall–Kier alpha value is -1.59. The number of hydrogen-bond acceptors (Lipinski definition) is 3. The third-order valence-corrected chi connectivity index (χ3v) is 3.82. The average molecular weight is 326 g/mol. The lowest BCUT2D eigenvalue weighted by Gasteiger charge is -2.23. The van der Waals surface area contributed by atoms with Gasteiger partial charge in [0.05, 0.1) is 0 Å². The lowest BCUT2D eigenvalue weighted by molar-refractivity contribution is -0.123. The number of carbonyl (C=O) groups is 2. The molecule has 1 atom stereocenters. The van der Waals surface area contributed by atoms with Crippen LogP contribution >= 0.6 is 12.4 Å². The van der Waals surface area contributed by atoms with E-state index in [1.165, 1.54) is 0 Å². The minimum atomic E-state index is -0.123. The molecular formula is C16H24ClN3O2. The number of nitrogens with zero attached hydrogens (tertiary/aromatic N) is 1. The molecule has 0 bridgehead atoms. The number of fused-ring (bicyclic) bond motifs is 1. The average Bonchev–Trinajstić information content (AvgIpc) is 2.65. The summed E-state index contributed by atoms with van der Waals surface area (Å²) in [4.78, 5) is 25.9. The second-order valence-electron chi connectivity index (χ2n) is 5.46.